The van der Waals surface area contributed by atoms with Crippen LogP contribution in [0.5, 0.6) is 0 Å². The standard InChI is InChI=1S/C23H32ClN7.HI/c1-25-23(28-20-7-9-31(17-20)21-5-3-4-19(24)15-21)27-16-18-6-8-26-22(14-18)30-12-10-29(2)11-13-30;/h3-6,8,14-15,20H,7,9-13,16-17H2,1-2H3,(H2,25,27,28);1H. The van der Waals surface area contributed by atoms with E-state index in [1.54, 1.807) is 0 Å². The van der Waals surface area contributed by atoms with Crippen molar-refractivity contribution in [3.63, 3.8) is 0 Å². The zero-order valence-corrected chi connectivity index (χ0v) is 21.9. The monoisotopic (exact) mass is 569 g/mol. The lowest BCUT2D eigenvalue weighted by molar-refractivity contribution is 0.312. The zero-order chi connectivity index (χ0) is 21.6. The molecule has 2 aliphatic heterocycles. The van der Waals surface area contributed by atoms with Crippen molar-refractivity contribution in [3.05, 3.63) is 53.2 Å². The first-order chi connectivity index (χ1) is 15.1. The molecule has 2 saturated heterocycles. The van der Waals surface area contributed by atoms with Crippen LogP contribution in [0.4, 0.5) is 11.5 Å². The topological polar surface area (TPSA) is 59.0 Å². The van der Waals surface area contributed by atoms with E-state index in [1.165, 1.54) is 11.3 Å². The summed E-state index contributed by atoms with van der Waals surface area (Å²) in [6.07, 6.45) is 2.97. The predicted molar refractivity (Wildman–Crippen MR) is 145 cm³/mol. The van der Waals surface area contributed by atoms with Gasteiger partial charge in [0.1, 0.15) is 5.82 Å². The molecule has 1 atom stereocenters. The minimum absolute atomic E-state index is 0. The van der Waals surface area contributed by atoms with Crippen LogP contribution in [0.1, 0.15) is 12.0 Å². The molecule has 174 valence electrons. The number of rotatable bonds is 5. The number of likely N-dealkylation sites (N-methyl/N-ethyl adjacent to an activating group) is 1. The molecule has 1 unspecified atom stereocenters. The summed E-state index contributed by atoms with van der Waals surface area (Å²) in [4.78, 5) is 16.1. The summed E-state index contributed by atoms with van der Waals surface area (Å²) in [7, 11) is 3.99. The summed E-state index contributed by atoms with van der Waals surface area (Å²) >= 11 is 6.15. The van der Waals surface area contributed by atoms with Gasteiger partial charge in [-0.15, -0.1) is 24.0 Å². The van der Waals surface area contributed by atoms with Gasteiger partial charge in [0.15, 0.2) is 5.96 Å². The maximum Gasteiger partial charge on any atom is 0.191 e. The summed E-state index contributed by atoms with van der Waals surface area (Å²) in [6, 6.07) is 12.7. The van der Waals surface area contributed by atoms with Crippen molar-refractivity contribution in [1.82, 2.24) is 20.5 Å². The van der Waals surface area contributed by atoms with Crippen LogP contribution in [0.15, 0.2) is 47.6 Å². The lowest BCUT2D eigenvalue weighted by atomic mass is 10.2. The molecule has 0 bridgehead atoms. The number of aliphatic imine (C=N–C) groups is 1. The molecule has 1 aromatic heterocycles. The van der Waals surface area contributed by atoms with Crippen LogP contribution in [-0.2, 0) is 6.54 Å². The smallest absolute Gasteiger partial charge is 0.191 e. The molecule has 0 spiro atoms. The molecule has 0 saturated carbocycles. The van der Waals surface area contributed by atoms with Gasteiger partial charge in [0.05, 0.1) is 0 Å². The third-order valence-electron chi connectivity index (χ3n) is 6.02. The highest BCUT2D eigenvalue weighted by Gasteiger charge is 2.23. The number of nitrogens with one attached hydrogen (secondary N) is 2. The first-order valence-corrected chi connectivity index (χ1v) is 11.3. The molecule has 32 heavy (non-hydrogen) atoms. The Morgan fingerprint density at radius 1 is 1.12 bits per heavy atom. The minimum Gasteiger partial charge on any atom is -0.369 e. The second kappa shape index (κ2) is 11.9. The highest BCUT2D eigenvalue weighted by molar-refractivity contribution is 14.0. The van der Waals surface area contributed by atoms with Gasteiger partial charge in [-0.25, -0.2) is 4.98 Å². The Morgan fingerprint density at radius 2 is 1.94 bits per heavy atom. The third-order valence-corrected chi connectivity index (χ3v) is 6.26. The van der Waals surface area contributed by atoms with Crippen LogP contribution in [-0.4, -0.2) is 75.2 Å². The van der Waals surface area contributed by atoms with Crippen LogP contribution in [0, 0.1) is 0 Å². The Hall–Kier alpha value is -1.78. The summed E-state index contributed by atoms with van der Waals surface area (Å²) in [5.74, 6) is 1.89. The van der Waals surface area contributed by atoms with Crippen molar-refractivity contribution in [2.45, 2.75) is 19.0 Å². The van der Waals surface area contributed by atoms with Gasteiger partial charge < -0.3 is 25.3 Å². The normalized spacial score (nSPS) is 19.6. The number of anilines is 2. The summed E-state index contributed by atoms with van der Waals surface area (Å²) < 4.78 is 0. The van der Waals surface area contributed by atoms with Gasteiger partial charge in [-0.05, 0) is 49.4 Å². The molecule has 1 aromatic carbocycles. The van der Waals surface area contributed by atoms with Crippen molar-refractivity contribution in [3.8, 4) is 0 Å². The molecule has 0 radical (unpaired) electrons. The Labute approximate surface area is 213 Å². The van der Waals surface area contributed by atoms with E-state index >= 15 is 0 Å². The number of hydrogen-bond acceptors (Lipinski definition) is 5. The fourth-order valence-corrected chi connectivity index (χ4v) is 4.32. The van der Waals surface area contributed by atoms with E-state index in [9.17, 15) is 0 Å². The van der Waals surface area contributed by atoms with Gasteiger partial charge >= 0.3 is 0 Å². The van der Waals surface area contributed by atoms with Gasteiger partial charge in [-0.2, -0.15) is 0 Å². The van der Waals surface area contributed by atoms with Crippen LogP contribution in [0.3, 0.4) is 0 Å². The molecule has 9 heteroatoms. The molecule has 0 amide bonds. The van der Waals surface area contributed by atoms with Crippen LogP contribution >= 0.6 is 35.6 Å². The van der Waals surface area contributed by atoms with Crippen LogP contribution in [0.25, 0.3) is 0 Å². The number of pyridine rings is 1. The lowest BCUT2D eigenvalue weighted by Gasteiger charge is -2.33. The van der Waals surface area contributed by atoms with E-state index in [-0.39, 0.29) is 24.0 Å². The number of hydrogen-bond donors (Lipinski definition) is 2. The van der Waals surface area contributed by atoms with E-state index in [1.807, 2.05) is 31.4 Å². The largest absolute Gasteiger partial charge is 0.369 e. The second-order valence-electron chi connectivity index (χ2n) is 8.29. The SMILES string of the molecule is CN=C(NCc1ccnc(N2CCN(C)CC2)c1)NC1CCN(c2cccc(Cl)c2)C1.I. The predicted octanol–water partition coefficient (Wildman–Crippen LogP) is 3.05. The van der Waals surface area contributed by atoms with E-state index in [2.05, 4.69) is 60.6 Å². The molecule has 0 aliphatic carbocycles. The Balaban J connectivity index is 0.00000289. The van der Waals surface area contributed by atoms with Gasteiger partial charge in [0.25, 0.3) is 0 Å². The van der Waals surface area contributed by atoms with E-state index in [0.717, 1.165) is 62.5 Å². The lowest BCUT2D eigenvalue weighted by Crippen LogP contribution is -2.45. The average Bonchev–Trinajstić information content (AvgIpc) is 3.26. The van der Waals surface area contributed by atoms with E-state index in [4.69, 9.17) is 11.6 Å². The summed E-state index contributed by atoms with van der Waals surface area (Å²) in [5, 5.41) is 7.80. The van der Waals surface area contributed by atoms with Crippen molar-refractivity contribution >= 4 is 53.0 Å². The van der Waals surface area contributed by atoms with Crippen molar-refractivity contribution in [2.75, 3.05) is 63.2 Å². The first-order valence-electron chi connectivity index (χ1n) is 11.0. The van der Waals surface area contributed by atoms with Gasteiger partial charge in [-0.3, -0.25) is 4.99 Å². The fourth-order valence-electron chi connectivity index (χ4n) is 4.14. The molecule has 2 N–H and O–H groups in total. The van der Waals surface area contributed by atoms with Crippen LogP contribution < -0.4 is 20.4 Å². The number of aromatic nitrogens is 1. The molecule has 2 fully saturated rings. The number of piperazine rings is 1. The van der Waals surface area contributed by atoms with Crippen molar-refractivity contribution < 1.29 is 0 Å². The Morgan fingerprint density at radius 3 is 2.69 bits per heavy atom. The maximum atomic E-state index is 6.15. The number of benzene rings is 1. The number of halogens is 2. The first kappa shape index (κ1) is 24.9. The fraction of sp³-hybridized carbons (Fsp3) is 0.478. The van der Waals surface area contributed by atoms with Crippen molar-refractivity contribution in [1.29, 1.82) is 0 Å². The summed E-state index contributed by atoms with van der Waals surface area (Å²) in [6.45, 7) is 6.86. The summed E-state index contributed by atoms with van der Waals surface area (Å²) in [5.41, 5.74) is 2.38. The van der Waals surface area contributed by atoms with Crippen molar-refractivity contribution in [2.24, 2.45) is 4.99 Å². The molecule has 7 nitrogen and oxygen atoms in total. The van der Waals surface area contributed by atoms with Gasteiger partial charge in [0, 0.05) is 75.8 Å². The average molecular weight is 570 g/mol. The second-order valence-corrected chi connectivity index (χ2v) is 8.73. The maximum absolute atomic E-state index is 6.15. The highest BCUT2D eigenvalue weighted by atomic mass is 127. The van der Waals surface area contributed by atoms with Crippen LogP contribution in [0.2, 0.25) is 5.02 Å². The molecule has 4 rings (SSSR count). The van der Waals surface area contributed by atoms with Gasteiger partial charge in [-0.1, -0.05) is 17.7 Å². The molecule has 3 heterocycles. The number of guanidine groups is 1. The minimum atomic E-state index is 0. The Bertz CT molecular complexity index is 901. The van der Waals surface area contributed by atoms with E-state index < -0.39 is 0 Å². The third kappa shape index (κ3) is 6.62. The van der Waals surface area contributed by atoms with Gasteiger partial charge in [0.2, 0.25) is 0 Å². The molecular formula is C23H33ClIN7. The Kier molecular flexibility index (Phi) is 9.24. The number of nitrogens with zero attached hydrogens (tertiary/aromatic N) is 5. The molecule has 2 aliphatic rings. The quantitative estimate of drug-likeness (QED) is 0.328. The molecular weight excluding hydrogens is 537 g/mol. The molecule has 2 aromatic rings. The van der Waals surface area contributed by atoms with E-state index in [0.29, 0.717) is 12.6 Å². The zero-order valence-electron chi connectivity index (χ0n) is 18.8. The highest BCUT2D eigenvalue weighted by Crippen LogP contribution is 2.23.